The van der Waals surface area contributed by atoms with Crippen molar-refractivity contribution in [2.75, 3.05) is 13.7 Å². The lowest BCUT2D eigenvalue weighted by Gasteiger charge is -2.36. The maximum atomic E-state index is 13.4. The van der Waals surface area contributed by atoms with Gasteiger partial charge in [-0.1, -0.05) is 18.6 Å². The summed E-state index contributed by atoms with van der Waals surface area (Å²) in [5, 5.41) is 11.2. The number of phenolic OH excluding ortho intramolecular Hbond substituents is 1. The molecule has 1 N–H and O–H groups in total. The Balaban J connectivity index is 1.53. The molecule has 2 aromatic carbocycles. The topological polar surface area (TPSA) is 85.0 Å². The number of aromatic hydroxyl groups is 1. The first-order valence-electron chi connectivity index (χ1n) is 11.8. The number of rotatable bonds is 6. The minimum Gasteiger partial charge on any atom is -0.507 e. The zero-order chi connectivity index (χ0) is 24.4. The zero-order valence-corrected chi connectivity index (χ0v) is 19.9. The van der Waals surface area contributed by atoms with E-state index in [9.17, 15) is 9.90 Å². The molecule has 1 aliphatic rings. The van der Waals surface area contributed by atoms with Crippen LogP contribution < -0.4 is 14.9 Å². The third-order valence-corrected chi connectivity index (χ3v) is 6.57. The SMILES string of the molecule is COc1cccc(Oc2c(C)oc3c(CN4CCCC[C@H]4c4cccnc4)c(O)ccc3c2=O)c1. The molecular formula is C28H28N2O5. The number of piperidine rings is 1. The van der Waals surface area contributed by atoms with Crippen LogP contribution in [0.5, 0.6) is 23.0 Å². The fourth-order valence-electron chi connectivity index (χ4n) is 4.78. The van der Waals surface area contributed by atoms with E-state index >= 15 is 0 Å². The molecule has 1 saturated heterocycles. The number of ether oxygens (including phenoxy) is 2. The number of aromatic nitrogens is 1. The van der Waals surface area contributed by atoms with Crippen LogP contribution in [0.15, 0.2) is 70.1 Å². The Morgan fingerprint density at radius 3 is 2.80 bits per heavy atom. The average molecular weight is 473 g/mol. The van der Waals surface area contributed by atoms with Gasteiger partial charge in [-0.3, -0.25) is 14.7 Å². The highest BCUT2D eigenvalue weighted by atomic mass is 16.5. The van der Waals surface area contributed by atoms with Gasteiger partial charge >= 0.3 is 0 Å². The number of fused-ring (bicyclic) bond motifs is 1. The molecule has 5 rings (SSSR count). The molecular weight excluding hydrogens is 444 g/mol. The maximum Gasteiger partial charge on any atom is 0.235 e. The Hall–Kier alpha value is -3.84. The quantitative estimate of drug-likeness (QED) is 0.384. The Morgan fingerprint density at radius 1 is 1.14 bits per heavy atom. The number of hydrogen-bond acceptors (Lipinski definition) is 7. The molecule has 2 aromatic heterocycles. The van der Waals surface area contributed by atoms with E-state index < -0.39 is 0 Å². The highest BCUT2D eigenvalue weighted by molar-refractivity contribution is 5.83. The van der Waals surface area contributed by atoms with Crippen molar-refractivity contribution in [3.05, 3.63) is 88.0 Å². The summed E-state index contributed by atoms with van der Waals surface area (Å²) in [6, 6.07) is 14.4. The van der Waals surface area contributed by atoms with Crippen LogP contribution in [-0.4, -0.2) is 28.6 Å². The number of aryl methyl sites for hydroxylation is 1. The van der Waals surface area contributed by atoms with E-state index in [1.165, 1.54) is 0 Å². The number of pyridine rings is 1. The van der Waals surface area contributed by atoms with Crippen molar-refractivity contribution >= 4 is 11.0 Å². The van der Waals surface area contributed by atoms with Crippen LogP contribution in [0.25, 0.3) is 11.0 Å². The molecule has 0 bridgehead atoms. The lowest BCUT2D eigenvalue weighted by Crippen LogP contribution is -2.33. The maximum absolute atomic E-state index is 13.4. The van der Waals surface area contributed by atoms with Gasteiger partial charge in [0.15, 0.2) is 0 Å². The van der Waals surface area contributed by atoms with Crippen molar-refractivity contribution in [2.45, 2.75) is 38.8 Å². The third-order valence-electron chi connectivity index (χ3n) is 6.57. The molecule has 0 unspecified atom stereocenters. The van der Waals surface area contributed by atoms with E-state index in [0.717, 1.165) is 31.4 Å². The Morgan fingerprint density at radius 2 is 2.00 bits per heavy atom. The van der Waals surface area contributed by atoms with Crippen molar-refractivity contribution in [3.63, 3.8) is 0 Å². The van der Waals surface area contributed by atoms with Gasteiger partial charge in [-0.15, -0.1) is 0 Å². The molecule has 1 atom stereocenters. The van der Waals surface area contributed by atoms with Crippen molar-refractivity contribution in [1.29, 1.82) is 0 Å². The Bertz CT molecular complexity index is 1400. The summed E-state index contributed by atoms with van der Waals surface area (Å²) >= 11 is 0. The van der Waals surface area contributed by atoms with Crippen LogP contribution >= 0.6 is 0 Å². The number of hydrogen-bond donors (Lipinski definition) is 1. The van der Waals surface area contributed by atoms with Crippen molar-refractivity contribution in [1.82, 2.24) is 9.88 Å². The molecule has 0 saturated carbocycles. The van der Waals surface area contributed by atoms with Crippen LogP contribution in [0.2, 0.25) is 0 Å². The highest BCUT2D eigenvalue weighted by Crippen LogP contribution is 2.36. The molecule has 180 valence electrons. The zero-order valence-electron chi connectivity index (χ0n) is 19.9. The lowest BCUT2D eigenvalue weighted by atomic mass is 9.95. The second-order valence-electron chi connectivity index (χ2n) is 8.81. The van der Waals surface area contributed by atoms with Gasteiger partial charge in [0, 0.05) is 31.0 Å². The second kappa shape index (κ2) is 9.80. The monoisotopic (exact) mass is 472 g/mol. The number of methoxy groups -OCH3 is 1. The van der Waals surface area contributed by atoms with E-state index in [0.29, 0.717) is 40.3 Å². The fourth-order valence-corrected chi connectivity index (χ4v) is 4.78. The predicted octanol–water partition coefficient (Wildman–Crippen LogP) is 5.73. The summed E-state index contributed by atoms with van der Waals surface area (Å²) in [4.78, 5) is 20.0. The standard InChI is InChI=1S/C28H28N2O5/c1-18-27(35-21-9-5-8-20(15-21)33-2)26(32)22-11-12-25(31)23(28(22)34-18)17-30-14-4-3-10-24(30)19-7-6-13-29-16-19/h5-9,11-13,15-16,24,31H,3-4,10,14,17H2,1-2H3/t24-/m0/s1. The van der Waals surface area contributed by atoms with Crippen LogP contribution in [0.1, 0.15) is 42.2 Å². The van der Waals surface area contributed by atoms with Crippen LogP contribution in [0.4, 0.5) is 0 Å². The number of nitrogens with zero attached hydrogens (tertiary/aromatic N) is 2. The largest absolute Gasteiger partial charge is 0.507 e. The molecule has 7 nitrogen and oxygen atoms in total. The van der Waals surface area contributed by atoms with E-state index in [4.69, 9.17) is 13.9 Å². The van der Waals surface area contributed by atoms with Gasteiger partial charge in [0.25, 0.3) is 0 Å². The average Bonchev–Trinajstić information content (AvgIpc) is 2.89. The molecule has 0 radical (unpaired) electrons. The van der Waals surface area contributed by atoms with Gasteiger partial charge in [0.2, 0.25) is 11.2 Å². The van der Waals surface area contributed by atoms with E-state index in [1.54, 1.807) is 56.6 Å². The summed E-state index contributed by atoms with van der Waals surface area (Å²) in [6.45, 7) is 3.04. The molecule has 4 aromatic rings. The van der Waals surface area contributed by atoms with Crippen molar-refractivity contribution in [2.24, 2.45) is 0 Å². The first-order chi connectivity index (χ1) is 17.0. The van der Waals surface area contributed by atoms with Crippen molar-refractivity contribution in [3.8, 4) is 23.0 Å². The highest BCUT2D eigenvalue weighted by Gasteiger charge is 2.27. The summed E-state index contributed by atoms with van der Waals surface area (Å²) in [6.07, 6.45) is 6.90. The van der Waals surface area contributed by atoms with Gasteiger partial charge in [0.1, 0.15) is 28.6 Å². The minimum atomic E-state index is -0.282. The summed E-state index contributed by atoms with van der Waals surface area (Å²) in [7, 11) is 1.57. The van der Waals surface area contributed by atoms with Crippen molar-refractivity contribution < 1.29 is 19.0 Å². The molecule has 0 aliphatic carbocycles. The van der Waals surface area contributed by atoms with Gasteiger partial charge < -0.3 is 19.0 Å². The summed E-state index contributed by atoms with van der Waals surface area (Å²) in [5.74, 6) is 1.68. The minimum absolute atomic E-state index is 0.108. The Kier molecular flexibility index (Phi) is 6.42. The molecule has 3 heterocycles. The fraction of sp³-hybridized carbons (Fsp3) is 0.286. The molecule has 0 amide bonds. The van der Waals surface area contributed by atoms with Crippen LogP contribution in [0, 0.1) is 6.92 Å². The lowest BCUT2D eigenvalue weighted by molar-refractivity contribution is 0.139. The molecule has 35 heavy (non-hydrogen) atoms. The van der Waals surface area contributed by atoms with E-state index in [-0.39, 0.29) is 23.0 Å². The molecule has 7 heteroatoms. The van der Waals surface area contributed by atoms with Gasteiger partial charge in [-0.2, -0.15) is 0 Å². The van der Waals surface area contributed by atoms with Crippen LogP contribution in [-0.2, 0) is 6.54 Å². The van der Waals surface area contributed by atoms with Gasteiger partial charge in [-0.05, 0) is 62.2 Å². The summed E-state index contributed by atoms with van der Waals surface area (Å²) < 4.78 is 17.3. The van der Waals surface area contributed by atoms with E-state index in [1.807, 2.05) is 12.3 Å². The summed E-state index contributed by atoms with van der Waals surface area (Å²) in [5.41, 5.74) is 1.86. The first kappa shape index (κ1) is 22.9. The number of benzene rings is 2. The van der Waals surface area contributed by atoms with Gasteiger partial charge in [-0.25, -0.2) is 0 Å². The normalized spacial score (nSPS) is 16.3. The number of phenols is 1. The second-order valence-corrected chi connectivity index (χ2v) is 8.81. The van der Waals surface area contributed by atoms with Gasteiger partial charge in [0.05, 0.1) is 18.1 Å². The predicted molar refractivity (Wildman–Crippen MR) is 133 cm³/mol. The number of likely N-dealkylation sites (tertiary alicyclic amines) is 1. The molecule has 0 spiro atoms. The first-order valence-corrected chi connectivity index (χ1v) is 11.8. The smallest absolute Gasteiger partial charge is 0.235 e. The molecule has 1 fully saturated rings. The van der Waals surface area contributed by atoms with E-state index in [2.05, 4.69) is 16.0 Å². The van der Waals surface area contributed by atoms with Crippen LogP contribution in [0.3, 0.4) is 0 Å². The molecule has 1 aliphatic heterocycles. The third kappa shape index (κ3) is 4.59. The Labute approximate surface area is 203 Å².